The topological polar surface area (TPSA) is 172 Å². The molecular formula is C30H43N5O6. The van der Waals surface area contributed by atoms with E-state index in [0.29, 0.717) is 30.5 Å². The molecule has 0 aromatic heterocycles. The van der Waals surface area contributed by atoms with Gasteiger partial charge in [0.2, 0.25) is 11.8 Å². The van der Waals surface area contributed by atoms with E-state index < -0.39 is 41.6 Å². The van der Waals surface area contributed by atoms with Crippen molar-refractivity contribution in [1.29, 1.82) is 0 Å². The number of ether oxygens (including phenoxy) is 1. The summed E-state index contributed by atoms with van der Waals surface area (Å²) >= 11 is 0. The zero-order chi connectivity index (χ0) is 31.2. The molecule has 5 amide bonds. The molecule has 1 aromatic carbocycles. The van der Waals surface area contributed by atoms with E-state index in [-0.39, 0.29) is 31.4 Å². The number of alkyl carbamates (subject to hydrolysis) is 1. The number of benzene rings is 1. The number of amides is 5. The molecule has 0 aliphatic rings. The van der Waals surface area contributed by atoms with E-state index in [0.717, 1.165) is 5.56 Å². The molecule has 1 aromatic rings. The predicted octanol–water partition coefficient (Wildman–Crippen LogP) is 2.42. The molecule has 11 nitrogen and oxygen atoms in total. The summed E-state index contributed by atoms with van der Waals surface area (Å²) in [6, 6.07) is 2.32. The van der Waals surface area contributed by atoms with Crippen molar-refractivity contribution in [2.24, 2.45) is 17.6 Å². The lowest BCUT2D eigenvalue weighted by Crippen LogP contribution is -2.55. The zero-order valence-electron chi connectivity index (χ0n) is 24.5. The Bertz CT molecular complexity index is 1150. The lowest BCUT2D eigenvalue weighted by Gasteiger charge is -2.27. The van der Waals surface area contributed by atoms with Crippen LogP contribution in [0.15, 0.2) is 18.2 Å². The summed E-state index contributed by atoms with van der Waals surface area (Å²) < 4.78 is 5.28. The molecule has 7 N–H and O–H groups in total. The molecule has 0 saturated carbocycles. The number of primary amides is 1. The Morgan fingerprint density at radius 1 is 1.07 bits per heavy atom. The Morgan fingerprint density at radius 2 is 1.76 bits per heavy atom. The Hall–Kier alpha value is -4.22. The first-order valence-corrected chi connectivity index (χ1v) is 13.5. The summed E-state index contributed by atoms with van der Waals surface area (Å²) in [5, 5.41) is 20.3. The second-order valence-corrected chi connectivity index (χ2v) is 11.0. The van der Waals surface area contributed by atoms with E-state index in [4.69, 9.17) is 23.3 Å². The number of nitrogens with two attached hydrogens (primary N) is 1. The van der Waals surface area contributed by atoms with Crippen molar-refractivity contribution in [2.75, 3.05) is 11.9 Å². The number of hydrogen-bond acceptors (Lipinski definition) is 6. The SMILES string of the molecule is C#CCC(C#C)Cc1cc(NC(=O)[C@H](CCCNC(N)=O)NC(=O)[C@@H](NC(=O)OC(C)(C)C)C(C)C)ccc1CO. The number of carbonyl (C=O) groups excluding carboxylic acids is 4. The summed E-state index contributed by atoms with van der Waals surface area (Å²) in [6.45, 7) is 8.59. The van der Waals surface area contributed by atoms with Crippen molar-refractivity contribution < 1.29 is 29.0 Å². The minimum absolute atomic E-state index is 0.165. The van der Waals surface area contributed by atoms with E-state index in [2.05, 4.69) is 33.1 Å². The minimum atomic E-state index is -1.01. The number of anilines is 1. The number of nitrogens with one attached hydrogen (secondary N) is 4. The van der Waals surface area contributed by atoms with E-state index in [1.54, 1.807) is 52.8 Å². The summed E-state index contributed by atoms with van der Waals surface area (Å²) in [6.07, 6.45) is 11.5. The summed E-state index contributed by atoms with van der Waals surface area (Å²) in [7, 11) is 0. The largest absolute Gasteiger partial charge is 0.444 e. The maximum Gasteiger partial charge on any atom is 0.408 e. The highest BCUT2D eigenvalue weighted by molar-refractivity contribution is 5.98. The van der Waals surface area contributed by atoms with Crippen LogP contribution in [0.5, 0.6) is 0 Å². The van der Waals surface area contributed by atoms with Gasteiger partial charge in [0.25, 0.3) is 0 Å². The van der Waals surface area contributed by atoms with Gasteiger partial charge in [0, 0.05) is 24.6 Å². The summed E-state index contributed by atoms with van der Waals surface area (Å²) in [5.74, 6) is 3.54. The van der Waals surface area contributed by atoms with Crippen LogP contribution in [0.2, 0.25) is 0 Å². The molecule has 0 bridgehead atoms. The predicted molar refractivity (Wildman–Crippen MR) is 157 cm³/mol. The fourth-order valence-electron chi connectivity index (χ4n) is 3.89. The third-order valence-corrected chi connectivity index (χ3v) is 5.93. The third kappa shape index (κ3) is 13.1. The van der Waals surface area contributed by atoms with Crippen molar-refractivity contribution in [1.82, 2.24) is 16.0 Å². The lowest BCUT2D eigenvalue weighted by atomic mass is 9.93. The Morgan fingerprint density at radius 3 is 2.29 bits per heavy atom. The maximum atomic E-state index is 13.4. The number of aliphatic hydroxyl groups is 1. The summed E-state index contributed by atoms with van der Waals surface area (Å²) in [4.78, 5) is 50.0. The molecule has 0 fully saturated rings. The van der Waals surface area contributed by atoms with E-state index in [1.807, 2.05) is 0 Å². The van der Waals surface area contributed by atoms with Gasteiger partial charge >= 0.3 is 12.1 Å². The average Bonchev–Trinajstić information content (AvgIpc) is 2.87. The average molecular weight is 570 g/mol. The van der Waals surface area contributed by atoms with Gasteiger partial charge in [0.1, 0.15) is 17.7 Å². The van der Waals surface area contributed by atoms with Crippen molar-refractivity contribution in [3.05, 3.63) is 29.3 Å². The first kappa shape index (κ1) is 34.8. The van der Waals surface area contributed by atoms with Crippen molar-refractivity contribution >= 4 is 29.6 Å². The van der Waals surface area contributed by atoms with Crippen LogP contribution in [-0.4, -0.2) is 53.3 Å². The molecule has 0 spiro atoms. The molecule has 0 radical (unpaired) electrons. The Balaban J connectivity index is 3.15. The van der Waals surface area contributed by atoms with Gasteiger partial charge in [-0.25, -0.2) is 9.59 Å². The van der Waals surface area contributed by atoms with Crippen LogP contribution in [0, 0.1) is 36.5 Å². The normalized spacial score (nSPS) is 13.1. The van der Waals surface area contributed by atoms with Gasteiger partial charge in [-0.05, 0) is 69.2 Å². The molecule has 1 unspecified atom stereocenters. The fraction of sp³-hybridized carbons (Fsp3) is 0.533. The van der Waals surface area contributed by atoms with Crippen LogP contribution in [0.3, 0.4) is 0 Å². The zero-order valence-corrected chi connectivity index (χ0v) is 24.5. The number of terminal acetylenes is 2. The van der Waals surface area contributed by atoms with Crippen LogP contribution in [0.1, 0.15) is 65.0 Å². The van der Waals surface area contributed by atoms with E-state index in [1.165, 1.54) is 0 Å². The second-order valence-electron chi connectivity index (χ2n) is 11.0. The quantitative estimate of drug-likeness (QED) is 0.148. The lowest BCUT2D eigenvalue weighted by molar-refractivity contribution is -0.128. The van der Waals surface area contributed by atoms with Gasteiger partial charge in [-0.2, -0.15) is 0 Å². The monoisotopic (exact) mass is 569 g/mol. The van der Waals surface area contributed by atoms with Gasteiger partial charge in [0.05, 0.1) is 6.61 Å². The van der Waals surface area contributed by atoms with Crippen LogP contribution in [0.25, 0.3) is 0 Å². The first-order chi connectivity index (χ1) is 19.2. The summed E-state index contributed by atoms with van der Waals surface area (Å²) in [5.41, 5.74) is 6.18. The molecule has 3 atom stereocenters. The first-order valence-electron chi connectivity index (χ1n) is 13.5. The number of hydrogen-bond donors (Lipinski definition) is 6. The number of rotatable bonds is 14. The molecule has 224 valence electrons. The van der Waals surface area contributed by atoms with Crippen LogP contribution in [-0.2, 0) is 27.4 Å². The molecule has 0 heterocycles. The second kappa shape index (κ2) is 16.8. The molecule has 41 heavy (non-hydrogen) atoms. The smallest absolute Gasteiger partial charge is 0.408 e. The fourth-order valence-corrected chi connectivity index (χ4v) is 3.89. The van der Waals surface area contributed by atoms with E-state index in [9.17, 15) is 24.3 Å². The molecule has 1 rings (SSSR count). The van der Waals surface area contributed by atoms with Crippen molar-refractivity contribution in [2.45, 2.75) is 84.6 Å². The number of carbonyl (C=O) groups is 4. The van der Waals surface area contributed by atoms with Crippen LogP contribution >= 0.6 is 0 Å². The Labute approximate surface area is 242 Å². The van der Waals surface area contributed by atoms with Crippen molar-refractivity contribution in [3.8, 4) is 24.7 Å². The number of urea groups is 1. The van der Waals surface area contributed by atoms with Gasteiger partial charge in [-0.3, -0.25) is 9.59 Å². The van der Waals surface area contributed by atoms with Gasteiger partial charge in [0.15, 0.2) is 0 Å². The van der Waals surface area contributed by atoms with Gasteiger partial charge in [-0.15, -0.1) is 24.7 Å². The van der Waals surface area contributed by atoms with Crippen molar-refractivity contribution in [3.63, 3.8) is 0 Å². The molecule has 11 heteroatoms. The maximum absolute atomic E-state index is 13.4. The highest BCUT2D eigenvalue weighted by Crippen LogP contribution is 2.21. The Kier molecular flexibility index (Phi) is 14.2. The number of aliphatic hydroxyl groups excluding tert-OH is 1. The molecule has 0 aliphatic carbocycles. The van der Waals surface area contributed by atoms with Crippen LogP contribution < -0.4 is 27.0 Å². The molecular weight excluding hydrogens is 526 g/mol. The van der Waals surface area contributed by atoms with Gasteiger partial charge in [-0.1, -0.05) is 19.9 Å². The highest BCUT2D eigenvalue weighted by atomic mass is 16.6. The highest BCUT2D eigenvalue weighted by Gasteiger charge is 2.30. The molecule has 0 saturated heterocycles. The van der Waals surface area contributed by atoms with Gasteiger partial charge < -0.3 is 36.8 Å². The standard InChI is InChI=1S/C30H43N5O6/c1-8-11-20(9-2)16-22-17-23(14-13-21(22)18-36)33-26(37)24(12-10-15-32-28(31)39)34-27(38)25(19(3)4)35-29(40)41-30(5,6)7/h1-2,13-14,17,19-20,24-25,36H,10-12,15-16,18H2,3-7H3,(H,33,37)(H,34,38)(H,35,40)(H3,31,32,39)/t20?,24-,25-/m0/s1. The molecule has 0 aliphatic heterocycles. The van der Waals surface area contributed by atoms with E-state index >= 15 is 0 Å². The minimum Gasteiger partial charge on any atom is -0.444 e. The third-order valence-electron chi connectivity index (χ3n) is 5.93. The van der Waals surface area contributed by atoms with Crippen LogP contribution in [0.4, 0.5) is 15.3 Å².